The smallest absolute Gasteiger partial charge is 0.259 e. The monoisotopic (exact) mass is 387 g/mol. The summed E-state index contributed by atoms with van der Waals surface area (Å²) in [6.07, 6.45) is 7.57. The van der Waals surface area contributed by atoms with Gasteiger partial charge < -0.3 is 5.32 Å². The lowest BCUT2D eigenvalue weighted by Crippen LogP contribution is -2.34. The van der Waals surface area contributed by atoms with Gasteiger partial charge in [-0.3, -0.25) is 14.7 Å². The van der Waals surface area contributed by atoms with Crippen molar-refractivity contribution in [3.63, 3.8) is 0 Å². The Labute approximate surface area is 171 Å². The molecule has 0 spiro atoms. The highest BCUT2D eigenvalue weighted by molar-refractivity contribution is 6.04. The Hall–Kier alpha value is -3.12. The van der Waals surface area contributed by atoms with Gasteiger partial charge in [0.1, 0.15) is 5.82 Å². The second-order valence-corrected chi connectivity index (χ2v) is 7.48. The van der Waals surface area contributed by atoms with Crippen LogP contribution in [-0.2, 0) is 6.54 Å². The number of carbonyl (C=O) groups is 1. The molecular weight excluding hydrogens is 362 g/mol. The Bertz CT molecular complexity index is 962. The molecule has 0 bridgehead atoms. The molecule has 0 saturated carbocycles. The molecule has 1 aromatic carbocycles. The predicted molar refractivity (Wildman–Crippen MR) is 113 cm³/mol. The van der Waals surface area contributed by atoms with Gasteiger partial charge >= 0.3 is 0 Å². The van der Waals surface area contributed by atoms with Crippen LogP contribution in [0.15, 0.2) is 61.1 Å². The number of hydrogen-bond donors (Lipinski definition) is 1. The number of benzene rings is 1. The fourth-order valence-corrected chi connectivity index (χ4v) is 3.78. The molecule has 3 aromatic rings. The maximum absolute atomic E-state index is 12.6. The van der Waals surface area contributed by atoms with Crippen LogP contribution in [0.4, 0.5) is 5.69 Å². The first-order valence-corrected chi connectivity index (χ1v) is 10.0. The average molecular weight is 387 g/mol. The van der Waals surface area contributed by atoms with Crippen molar-refractivity contribution >= 4 is 11.6 Å². The number of nitrogens with zero attached hydrogens (tertiary/aromatic N) is 4. The van der Waals surface area contributed by atoms with E-state index in [-0.39, 0.29) is 11.8 Å². The largest absolute Gasteiger partial charge is 0.322 e. The lowest BCUT2D eigenvalue weighted by molar-refractivity contribution is 0.102. The van der Waals surface area contributed by atoms with Gasteiger partial charge in [-0.2, -0.15) is 0 Å². The summed E-state index contributed by atoms with van der Waals surface area (Å²) < 4.78 is 0. The number of para-hydroxylation sites is 1. The molecule has 6 nitrogen and oxygen atoms in total. The minimum absolute atomic E-state index is 0.179. The van der Waals surface area contributed by atoms with Crippen LogP contribution in [0.3, 0.4) is 0 Å². The third kappa shape index (κ3) is 4.84. The first-order valence-electron chi connectivity index (χ1n) is 10.0. The molecule has 1 aliphatic heterocycles. The number of piperidine rings is 1. The number of likely N-dealkylation sites (tertiary alicyclic amines) is 1. The van der Waals surface area contributed by atoms with Gasteiger partial charge in [0.05, 0.1) is 11.3 Å². The summed E-state index contributed by atoms with van der Waals surface area (Å²) in [4.78, 5) is 28.5. The van der Waals surface area contributed by atoms with Crippen LogP contribution in [-0.4, -0.2) is 38.8 Å². The quantitative estimate of drug-likeness (QED) is 0.721. The van der Waals surface area contributed by atoms with E-state index < -0.39 is 0 Å². The normalized spacial score (nSPS) is 17.1. The topological polar surface area (TPSA) is 71.0 Å². The van der Waals surface area contributed by atoms with Crippen LogP contribution in [0.2, 0.25) is 0 Å². The molecular formula is C23H25N5O. The highest BCUT2D eigenvalue weighted by Gasteiger charge is 2.24. The molecule has 29 heavy (non-hydrogen) atoms. The minimum Gasteiger partial charge on any atom is -0.322 e. The number of pyridine rings is 1. The van der Waals surface area contributed by atoms with Crippen molar-refractivity contribution in [2.75, 3.05) is 18.4 Å². The molecule has 4 rings (SSSR count). The molecule has 1 aliphatic rings. The number of carbonyl (C=O) groups excluding carboxylic acids is 1. The Balaban J connectivity index is 1.43. The van der Waals surface area contributed by atoms with Crippen LogP contribution < -0.4 is 5.32 Å². The van der Waals surface area contributed by atoms with Gasteiger partial charge in [0, 0.05) is 43.3 Å². The summed E-state index contributed by atoms with van der Waals surface area (Å²) >= 11 is 0. The van der Waals surface area contributed by atoms with Crippen molar-refractivity contribution in [1.29, 1.82) is 0 Å². The van der Waals surface area contributed by atoms with Gasteiger partial charge in [-0.05, 0) is 50.1 Å². The van der Waals surface area contributed by atoms with Crippen LogP contribution >= 0.6 is 0 Å². The van der Waals surface area contributed by atoms with Crippen LogP contribution in [0.1, 0.15) is 46.2 Å². The molecule has 0 unspecified atom stereocenters. The van der Waals surface area contributed by atoms with Crippen LogP contribution in [0.25, 0.3) is 0 Å². The van der Waals surface area contributed by atoms with E-state index in [4.69, 9.17) is 4.98 Å². The highest BCUT2D eigenvalue weighted by Crippen LogP contribution is 2.26. The van der Waals surface area contributed by atoms with Gasteiger partial charge in [0.25, 0.3) is 5.91 Å². The van der Waals surface area contributed by atoms with E-state index in [9.17, 15) is 4.79 Å². The molecule has 148 valence electrons. The van der Waals surface area contributed by atoms with Gasteiger partial charge in [-0.25, -0.2) is 9.97 Å². The first-order chi connectivity index (χ1) is 14.2. The van der Waals surface area contributed by atoms with Crippen LogP contribution in [0.5, 0.6) is 0 Å². The summed E-state index contributed by atoms with van der Waals surface area (Å²) in [6.45, 7) is 4.76. The summed E-state index contributed by atoms with van der Waals surface area (Å²) in [5, 5.41) is 2.90. The number of nitrogens with one attached hydrogen (secondary N) is 1. The fraction of sp³-hybridized carbons (Fsp3) is 0.304. The van der Waals surface area contributed by atoms with E-state index in [1.807, 2.05) is 49.5 Å². The predicted octanol–water partition coefficient (Wildman–Crippen LogP) is 3.81. The fourth-order valence-electron chi connectivity index (χ4n) is 3.78. The zero-order valence-electron chi connectivity index (χ0n) is 16.6. The molecule has 1 saturated heterocycles. The third-order valence-electron chi connectivity index (χ3n) is 5.27. The zero-order chi connectivity index (χ0) is 20.1. The van der Waals surface area contributed by atoms with E-state index in [0.29, 0.717) is 11.3 Å². The number of aryl methyl sites for hydroxylation is 1. The number of amides is 1. The second kappa shape index (κ2) is 8.92. The van der Waals surface area contributed by atoms with Gasteiger partial charge in [-0.1, -0.05) is 24.3 Å². The lowest BCUT2D eigenvalue weighted by atomic mass is 9.96. The molecule has 2 aromatic heterocycles. The highest BCUT2D eigenvalue weighted by atomic mass is 16.1. The van der Waals surface area contributed by atoms with E-state index >= 15 is 0 Å². The minimum atomic E-state index is -0.179. The van der Waals surface area contributed by atoms with Crippen molar-refractivity contribution in [3.05, 3.63) is 83.7 Å². The molecule has 6 heteroatoms. The van der Waals surface area contributed by atoms with Crippen molar-refractivity contribution in [1.82, 2.24) is 19.9 Å². The molecule has 0 radical (unpaired) electrons. The number of anilines is 1. The first kappa shape index (κ1) is 19.2. The molecule has 3 heterocycles. The molecule has 1 atom stereocenters. The van der Waals surface area contributed by atoms with Crippen molar-refractivity contribution in [2.24, 2.45) is 0 Å². The summed E-state index contributed by atoms with van der Waals surface area (Å²) in [5.41, 5.74) is 3.21. The van der Waals surface area contributed by atoms with Gasteiger partial charge in [-0.15, -0.1) is 0 Å². The Morgan fingerprint density at radius 3 is 2.79 bits per heavy atom. The van der Waals surface area contributed by atoms with Crippen LogP contribution in [0, 0.1) is 6.92 Å². The average Bonchev–Trinajstić information content (AvgIpc) is 2.75. The summed E-state index contributed by atoms with van der Waals surface area (Å²) in [7, 11) is 0. The van der Waals surface area contributed by atoms with Gasteiger partial charge in [0.2, 0.25) is 0 Å². The maximum Gasteiger partial charge on any atom is 0.259 e. The van der Waals surface area contributed by atoms with Crippen molar-refractivity contribution in [2.45, 2.75) is 32.2 Å². The maximum atomic E-state index is 12.6. The molecule has 1 N–H and O–H groups in total. The van der Waals surface area contributed by atoms with E-state index in [1.54, 1.807) is 12.4 Å². The van der Waals surface area contributed by atoms with Crippen molar-refractivity contribution in [3.8, 4) is 0 Å². The summed E-state index contributed by atoms with van der Waals surface area (Å²) in [5.74, 6) is 0.933. The Morgan fingerprint density at radius 2 is 2.03 bits per heavy atom. The van der Waals surface area contributed by atoms with E-state index in [0.717, 1.165) is 44.0 Å². The zero-order valence-corrected chi connectivity index (χ0v) is 16.6. The standard InChI is InChI=1S/C23H25N5O/c1-17-21(23(29)27-20-9-3-2-4-10-20)14-25-22(26-17)19-8-6-12-28(16-19)15-18-7-5-11-24-13-18/h2-5,7,9-11,13-14,19H,6,8,12,15-16H2,1H3,(H,27,29)/t19-/m0/s1. The van der Waals surface area contributed by atoms with E-state index in [2.05, 4.69) is 26.3 Å². The molecule has 1 amide bonds. The Morgan fingerprint density at radius 1 is 1.17 bits per heavy atom. The number of aromatic nitrogens is 3. The second-order valence-electron chi connectivity index (χ2n) is 7.48. The Kier molecular flexibility index (Phi) is 5.91. The van der Waals surface area contributed by atoms with Gasteiger partial charge in [0.15, 0.2) is 0 Å². The molecule has 0 aliphatic carbocycles. The SMILES string of the molecule is Cc1nc([C@H]2CCCN(Cc3cccnc3)C2)ncc1C(=O)Nc1ccccc1. The summed E-state index contributed by atoms with van der Waals surface area (Å²) in [6, 6.07) is 13.5. The lowest BCUT2D eigenvalue weighted by Gasteiger charge is -2.32. The third-order valence-corrected chi connectivity index (χ3v) is 5.27. The van der Waals surface area contributed by atoms with Crippen molar-refractivity contribution < 1.29 is 4.79 Å². The number of rotatable bonds is 5. The molecule has 1 fully saturated rings. The number of hydrogen-bond acceptors (Lipinski definition) is 5. The van der Waals surface area contributed by atoms with E-state index in [1.165, 1.54) is 5.56 Å².